The van der Waals surface area contributed by atoms with E-state index < -0.39 is 76.1 Å². The van der Waals surface area contributed by atoms with Crippen LogP contribution in [0.4, 0.5) is 8.78 Å². The average Bonchev–Trinajstić information content (AvgIpc) is 3.09. The van der Waals surface area contributed by atoms with E-state index in [2.05, 4.69) is 21.3 Å². The number of benzene rings is 4. The zero-order chi connectivity index (χ0) is 38.0. The van der Waals surface area contributed by atoms with Crippen LogP contribution in [0.3, 0.4) is 0 Å². The predicted octanol–water partition coefficient (Wildman–Crippen LogP) is 3.96. The zero-order valence-electron chi connectivity index (χ0n) is 27.2. The molecule has 0 spiro atoms. The first-order valence-corrected chi connectivity index (χ1v) is 17.2. The minimum absolute atomic E-state index is 0.0582. The minimum atomic E-state index is -5.51. The molecule has 0 aromatic heterocycles. The van der Waals surface area contributed by atoms with Crippen LogP contribution in [0, 0.1) is 22.7 Å². The van der Waals surface area contributed by atoms with Crippen molar-refractivity contribution < 1.29 is 47.8 Å². The first-order chi connectivity index (χ1) is 24.5. The fourth-order valence-corrected chi connectivity index (χ4v) is 9.55. The lowest BCUT2D eigenvalue weighted by Crippen LogP contribution is -2.51. The van der Waals surface area contributed by atoms with E-state index in [0.29, 0.717) is 0 Å². The molecule has 18 heteroatoms. The Morgan fingerprint density at radius 3 is 1.32 bits per heavy atom. The SMILES string of the molecule is [H]/N=N/C1=C(N)c2ccccc2C(c2ccc(-c3ccc(C4(S(=O)(=O)O)c5ccccc5C(N)=C(/N=N/[H])C4O)c(F)c3)cc2F)(S(=O)(=O)O)C1O. The van der Waals surface area contributed by atoms with Gasteiger partial charge in [-0.05, 0) is 34.4 Å². The van der Waals surface area contributed by atoms with Gasteiger partial charge in [-0.3, -0.25) is 9.11 Å². The van der Waals surface area contributed by atoms with E-state index in [1.807, 2.05) is 0 Å². The number of nitrogens with two attached hydrogens (primary N) is 2. The molecule has 14 nitrogen and oxygen atoms in total. The van der Waals surface area contributed by atoms with Crippen molar-refractivity contribution in [1.29, 1.82) is 11.0 Å². The molecule has 0 saturated carbocycles. The van der Waals surface area contributed by atoms with Gasteiger partial charge in [-0.1, -0.05) is 72.8 Å². The van der Waals surface area contributed by atoms with Crippen molar-refractivity contribution in [3.63, 3.8) is 0 Å². The molecular formula is C32H26F2N6O8S2. The molecule has 4 unspecified atom stereocenters. The van der Waals surface area contributed by atoms with Gasteiger partial charge in [0.25, 0.3) is 20.2 Å². The molecule has 0 fully saturated rings. The van der Waals surface area contributed by atoms with E-state index in [9.17, 15) is 36.2 Å². The van der Waals surface area contributed by atoms with Crippen molar-refractivity contribution in [1.82, 2.24) is 0 Å². The van der Waals surface area contributed by atoms with E-state index in [1.165, 1.54) is 48.5 Å². The summed E-state index contributed by atoms with van der Waals surface area (Å²) in [5.74, 6) is -2.65. The highest BCUT2D eigenvalue weighted by Crippen LogP contribution is 2.52. The Balaban J connectivity index is 1.54. The number of hydrogen-bond acceptors (Lipinski definition) is 12. The summed E-state index contributed by atoms with van der Waals surface area (Å²) in [4.78, 5) is 0. The van der Waals surface area contributed by atoms with Crippen molar-refractivity contribution >= 4 is 31.6 Å². The maximum absolute atomic E-state index is 16.3. The highest BCUT2D eigenvalue weighted by molar-refractivity contribution is 7.87. The van der Waals surface area contributed by atoms with Gasteiger partial charge < -0.3 is 21.7 Å². The molecule has 2 aliphatic carbocycles. The Labute approximate surface area is 285 Å². The molecule has 4 aromatic rings. The molecule has 4 aromatic carbocycles. The number of aliphatic hydroxyl groups is 2. The molecule has 0 amide bonds. The first kappa shape index (κ1) is 32.0. The molecule has 6 rings (SSSR count). The standard InChI is InChI=1S/C32H26F2N6O8S2/c33-23-13-15(9-11-21(23)31(49(43,44)45)19-7-3-1-5-17(19)25(35)27(39-37)29(31)41)16-10-12-22(24(34)14-16)32(50(46,47)48)20-8-4-2-6-18(20)26(36)28(40-38)30(32)42/h1-14,29-30,37-38,41-42H,35-36H2,(H,43,44,45)(H,46,47,48)/b39-37+,40-38+. The average molecular weight is 725 g/mol. The van der Waals surface area contributed by atoms with E-state index in [-0.39, 0.29) is 44.8 Å². The molecule has 258 valence electrons. The smallest absolute Gasteiger partial charge is 0.282 e. The van der Waals surface area contributed by atoms with Crippen molar-refractivity contribution in [3.05, 3.63) is 141 Å². The lowest BCUT2D eigenvalue weighted by Gasteiger charge is -2.40. The Morgan fingerprint density at radius 2 is 1.00 bits per heavy atom. The number of rotatable bonds is 7. The minimum Gasteiger partial charge on any atom is -0.397 e. The van der Waals surface area contributed by atoms with Crippen LogP contribution in [0.25, 0.3) is 22.5 Å². The highest BCUT2D eigenvalue weighted by atomic mass is 32.2. The fourth-order valence-electron chi connectivity index (χ4n) is 6.97. The number of nitrogens with one attached hydrogen (secondary N) is 2. The van der Waals surface area contributed by atoms with Gasteiger partial charge in [-0.2, -0.15) is 27.1 Å². The molecule has 0 saturated heterocycles. The van der Waals surface area contributed by atoms with Crippen LogP contribution >= 0.6 is 0 Å². The van der Waals surface area contributed by atoms with E-state index in [1.54, 1.807) is 0 Å². The van der Waals surface area contributed by atoms with Crippen molar-refractivity contribution in [2.45, 2.75) is 21.7 Å². The third-order valence-electron chi connectivity index (χ3n) is 9.18. The van der Waals surface area contributed by atoms with Crippen LogP contribution in [0.5, 0.6) is 0 Å². The maximum Gasteiger partial charge on any atom is 0.282 e. The van der Waals surface area contributed by atoms with Gasteiger partial charge in [0.05, 0.1) is 11.4 Å². The van der Waals surface area contributed by atoms with E-state index in [0.717, 1.165) is 36.4 Å². The lowest BCUT2D eigenvalue weighted by atomic mass is 9.76. The van der Waals surface area contributed by atoms with Crippen LogP contribution < -0.4 is 11.5 Å². The van der Waals surface area contributed by atoms with Crippen molar-refractivity contribution in [2.75, 3.05) is 0 Å². The van der Waals surface area contributed by atoms with Crippen LogP contribution in [-0.2, 0) is 29.7 Å². The summed E-state index contributed by atoms with van der Waals surface area (Å²) in [6.45, 7) is 0. The summed E-state index contributed by atoms with van der Waals surface area (Å²) in [7, 11) is -11.0. The number of fused-ring (bicyclic) bond motifs is 2. The number of aliphatic hydroxyl groups excluding tert-OH is 2. The summed E-state index contributed by atoms with van der Waals surface area (Å²) in [5, 5.41) is 29.7. The normalized spacial score (nSPS) is 24.7. The van der Waals surface area contributed by atoms with Gasteiger partial charge in [0.2, 0.25) is 2.82 Å². The first-order valence-electron chi connectivity index (χ1n) is 15.2. The van der Waals surface area contributed by atoms with Crippen molar-refractivity contribution in [3.8, 4) is 11.1 Å². The molecule has 0 radical (unpaired) electrons. The molecule has 0 bridgehead atoms. The summed E-state index contributed by atoms with van der Waals surface area (Å²) in [6.07, 6.45) is -4.76. The molecule has 0 aliphatic heterocycles. The van der Waals surface area contributed by atoms with E-state index >= 15 is 8.78 Å². The Morgan fingerprint density at radius 1 is 0.640 bits per heavy atom. The van der Waals surface area contributed by atoms with Crippen LogP contribution in [0.1, 0.15) is 33.4 Å². The van der Waals surface area contributed by atoms with Crippen LogP contribution in [0.2, 0.25) is 2.82 Å². The molecule has 0 heterocycles. The third kappa shape index (κ3) is 4.50. The van der Waals surface area contributed by atoms with Gasteiger partial charge >= 0.3 is 0 Å². The third-order valence-corrected chi connectivity index (χ3v) is 12.1. The fraction of sp³-hybridized carbons (Fsp3) is 0.125. The van der Waals surface area contributed by atoms with Gasteiger partial charge in [-0.15, -0.1) is 0 Å². The second-order valence-electron chi connectivity index (χ2n) is 11.5. The van der Waals surface area contributed by atoms with Gasteiger partial charge in [0.1, 0.15) is 35.2 Å². The number of hydrogen-bond donors (Lipinski definition) is 8. The highest BCUT2D eigenvalue weighted by Gasteiger charge is 2.60. The van der Waals surface area contributed by atoms with Gasteiger partial charge in [0.15, 0.2) is 9.49 Å². The Kier molecular flexibility index (Phi) is 7.47. The summed E-state index contributed by atoms with van der Waals surface area (Å²) in [6, 6.07) is 16.3. The summed E-state index contributed by atoms with van der Waals surface area (Å²) in [5.41, 5.74) is 13.5. The number of nitrogens with zero attached hydrogens (tertiary/aromatic N) is 2. The predicted molar refractivity (Wildman–Crippen MR) is 174 cm³/mol. The summed E-state index contributed by atoms with van der Waals surface area (Å²) < 4.78 is 115. The Hall–Kier alpha value is -5.24. The van der Waals surface area contributed by atoms with Crippen LogP contribution in [-0.4, -0.2) is 48.4 Å². The number of halogens is 2. The van der Waals surface area contributed by atoms with Gasteiger partial charge in [-0.25, -0.2) is 19.8 Å². The molecule has 2 aliphatic rings. The molecule has 10 N–H and O–H groups in total. The quantitative estimate of drug-likeness (QED) is 0.100. The zero-order valence-corrected chi connectivity index (χ0v) is 26.8. The summed E-state index contributed by atoms with van der Waals surface area (Å²) >= 11 is 0. The topological polar surface area (TPSA) is 274 Å². The monoisotopic (exact) mass is 724 g/mol. The van der Waals surface area contributed by atoms with Gasteiger partial charge in [0, 0.05) is 22.3 Å². The maximum atomic E-state index is 16.3. The van der Waals surface area contributed by atoms with E-state index in [4.69, 9.17) is 14.3 Å². The second-order valence-corrected chi connectivity index (χ2v) is 14.7. The largest absolute Gasteiger partial charge is 0.397 e. The second kappa shape index (κ2) is 11.7. The van der Waals surface area contributed by atoms with Crippen LogP contribution in [0.15, 0.2) is 107 Å². The lowest BCUT2D eigenvalue weighted by molar-refractivity contribution is 0.160. The Bertz CT molecular complexity index is 2350. The molecule has 4 atom stereocenters. The molecular weight excluding hydrogens is 699 g/mol. The molecule has 50 heavy (non-hydrogen) atoms. The van der Waals surface area contributed by atoms with Crippen molar-refractivity contribution in [2.24, 2.45) is 21.7 Å².